The maximum Gasteiger partial charge on any atom is 0.248 e. The fourth-order valence-electron chi connectivity index (χ4n) is 3.68. The summed E-state index contributed by atoms with van der Waals surface area (Å²) in [6.07, 6.45) is 1.66. The Morgan fingerprint density at radius 2 is 1.68 bits per heavy atom. The lowest BCUT2D eigenvalue weighted by Gasteiger charge is -2.24. The summed E-state index contributed by atoms with van der Waals surface area (Å²) in [7, 11) is -2.90. The Hall–Kier alpha value is -3.19. The van der Waals surface area contributed by atoms with Gasteiger partial charge in [0, 0.05) is 23.2 Å². The molecule has 0 aromatic heterocycles. The Bertz CT molecular complexity index is 1140. The van der Waals surface area contributed by atoms with Crippen molar-refractivity contribution in [2.75, 3.05) is 16.7 Å². The Morgan fingerprint density at radius 3 is 2.36 bits per heavy atom. The summed E-state index contributed by atoms with van der Waals surface area (Å²) in [5, 5.41) is -0.454. The van der Waals surface area contributed by atoms with E-state index in [4.69, 9.17) is 11.5 Å². The zero-order valence-electron chi connectivity index (χ0n) is 15.1. The van der Waals surface area contributed by atoms with Gasteiger partial charge in [-0.25, -0.2) is 4.39 Å². The van der Waals surface area contributed by atoms with E-state index in [0.717, 1.165) is 22.3 Å². The van der Waals surface area contributed by atoms with Crippen molar-refractivity contribution in [2.45, 2.75) is 5.25 Å². The van der Waals surface area contributed by atoms with Crippen LogP contribution >= 0.6 is 0 Å². The molecule has 0 radical (unpaired) electrons. The third kappa shape index (κ3) is 3.03. The third-order valence-electron chi connectivity index (χ3n) is 5.03. The van der Waals surface area contributed by atoms with Crippen molar-refractivity contribution in [1.29, 1.82) is 0 Å². The van der Waals surface area contributed by atoms with Crippen LogP contribution in [0.25, 0.3) is 11.1 Å². The van der Waals surface area contributed by atoms with E-state index in [2.05, 4.69) is 4.72 Å². The van der Waals surface area contributed by atoms with E-state index in [1.54, 1.807) is 42.7 Å². The molecule has 1 heterocycles. The van der Waals surface area contributed by atoms with Crippen molar-refractivity contribution in [1.82, 2.24) is 0 Å². The van der Waals surface area contributed by atoms with Crippen molar-refractivity contribution in [2.24, 2.45) is 5.73 Å². The molecule has 0 spiro atoms. The number of fused-ring (bicyclic) bond motifs is 1. The van der Waals surface area contributed by atoms with Crippen LogP contribution in [-0.4, -0.2) is 16.4 Å². The normalized spacial score (nSPS) is 18.1. The quantitative estimate of drug-likeness (QED) is 0.403. The Kier molecular flexibility index (Phi) is 4.19. The predicted molar refractivity (Wildman–Crippen MR) is 112 cm³/mol. The van der Waals surface area contributed by atoms with Crippen molar-refractivity contribution in [3.8, 4) is 11.1 Å². The van der Waals surface area contributed by atoms with Gasteiger partial charge in [0.1, 0.15) is 5.82 Å². The molecule has 1 amide bonds. The van der Waals surface area contributed by atoms with Crippen LogP contribution in [0.5, 0.6) is 0 Å². The number of nitrogens with one attached hydrogen (secondary N) is 1. The zero-order valence-corrected chi connectivity index (χ0v) is 16.0. The molecule has 0 fully saturated rings. The number of halogens is 1. The smallest absolute Gasteiger partial charge is 0.248 e. The first kappa shape index (κ1) is 18.2. The highest BCUT2D eigenvalue weighted by Gasteiger charge is 2.36. The number of benzene rings is 3. The molecule has 4 rings (SSSR count). The molecule has 0 saturated carbocycles. The molecule has 5 N–H and O–H groups in total. The molecule has 0 saturated heterocycles. The van der Waals surface area contributed by atoms with Crippen LogP contribution in [0, 0.1) is 5.82 Å². The summed E-state index contributed by atoms with van der Waals surface area (Å²) in [6, 6.07) is 16.7. The number of hydrogen-bond acceptors (Lipinski definition) is 3. The molecule has 1 atom stereocenters. The van der Waals surface area contributed by atoms with Gasteiger partial charge in [0.15, 0.2) is 0 Å². The highest BCUT2D eigenvalue weighted by molar-refractivity contribution is 8.04. The van der Waals surface area contributed by atoms with Gasteiger partial charge in [-0.05, 0) is 68.8 Å². The number of primary amides is 1. The molecule has 0 bridgehead atoms. The average molecular weight is 397 g/mol. The summed E-state index contributed by atoms with van der Waals surface area (Å²) in [4.78, 5) is 11.5. The minimum Gasteiger partial charge on any atom is -0.398 e. The van der Waals surface area contributed by atoms with Crippen LogP contribution in [-0.2, 0) is 10.1 Å². The van der Waals surface area contributed by atoms with Gasteiger partial charge in [0.25, 0.3) is 0 Å². The van der Waals surface area contributed by atoms with E-state index in [1.165, 1.54) is 12.1 Å². The number of carbonyl (C=O) groups excluding carboxylic acids is 1. The summed E-state index contributed by atoms with van der Waals surface area (Å²) >= 11 is 0. The maximum absolute atomic E-state index is 13.4. The van der Waals surface area contributed by atoms with E-state index >= 15 is 0 Å². The number of carbonyl (C=O) groups is 1. The number of thiol groups is 1. The molecular formula is C21H20FN3O2S. The van der Waals surface area contributed by atoms with Gasteiger partial charge in [0.05, 0.1) is 5.25 Å². The molecule has 1 aliphatic heterocycles. The van der Waals surface area contributed by atoms with Crippen LogP contribution in [0.4, 0.5) is 15.8 Å². The first-order valence-corrected chi connectivity index (χ1v) is 10.9. The monoisotopic (exact) mass is 397 g/mol. The summed E-state index contributed by atoms with van der Waals surface area (Å²) in [5.74, 6) is -0.853. The highest BCUT2D eigenvalue weighted by Crippen LogP contribution is 2.47. The van der Waals surface area contributed by atoms with Gasteiger partial charge in [-0.2, -0.15) is 0 Å². The van der Waals surface area contributed by atoms with Crippen molar-refractivity contribution < 1.29 is 13.4 Å². The van der Waals surface area contributed by atoms with E-state index in [-0.39, 0.29) is 5.82 Å². The molecular weight excluding hydrogens is 377 g/mol. The van der Waals surface area contributed by atoms with Crippen LogP contribution in [0.15, 0.2) is 60.7 Å². The van der Waals surface area contributed by atoms with Crippen molar-refractivity contribution in [3.63, 3.8) is 0 Å². The van der Waals surface area contributed by atoms with E-state index in [0.29, 0.717) is 16.9 Å². The fourth-order valence-corrected chi connectivity index (χ4v) is 5.99. The molecule has 3 aromatic rings. The standard InChI is InChI=1S/C21H20FN3O2S/c1-28(27)20(16-8-4-14(21(24)26)11-19(16)25-28)17-10-13(5-9-18(17)23)12-2-6-15(22)7-3-12/h2-11,20,28H,23H2,1H3,(H2,24,26)(H,25,27). The van der Waals surface area contributed by atoms with Crippen LogP contribution in [0.1, 0.15) is 26.7 Å². The molecule has 1 aliphatic rings. The van der Waals surface area contributed by atoms with Gasteiger partial charge in [-0.15, -0.1) is 0 Å². The highest BCUT2D eigenvalue weighted by atomic mass is 32.3. The zero-order chi connectivity index (χ0) is 20.1. The second-order valence-electron chi connectivity index (χ2n) is 7.02. The number of hydrogen-bond donors (Lipinski definition) is 4. The Labute approximate surface area is 163 Å². The molecule has 144 valence electrons. The summed E-state index contributed by atoms with van der Waals surface area (Å²) in [6.45, 7) is 0. The van der Waals surface area contributed by atoms with E-state index < -0.39 is 21.3 Å². The molecule has 1 unspecified atom stereocenters. The fraction of sp³-hybridized carbons (Fsp3) is 0.0952. The van der Waals surface area contributed by atoms with Gasteiger partial charge in [-0.1, -0.05) is 24.3 Å². The number of anilines is 2. The lowest BCUT2D eigenvalue weighted by Crippen LogP contribution is -2.22. The molecule has 7 heteroatoms. The molecule has 28 heavy (non-hydrogen) atoms. The van der Waals surface area contributed by atoms with Crippen LogP contribution in [0.3, 0.4) is 0 Å². The van der Waals surface area contributed by atoms with E-state index in [9.17, 15) is 13.4 Å². The van der Waals surface area contributed by atoms with Gasteiger partial charge in [0.2, 0.25) is 5.91 Å². The van der Waals surface area contributed by atoms with Crippen LogP contribution in [0.2, 0.25) is 0 Å². The molecule has 0 aliphatic carbocycles. The predicted octanol–water partition coefficient (Wildman–Crippen LogP) is 3.25. The lowest BCUT2D eigenvalue weighted by molar-refractivity contribution is 0.100. The number of nitrogens with two attached hydrogens (primary N) is 2. The number of rotatable bonds is 3. The van der Waals surface area contributed by atoms with Crippen molar-refractivity contribution in [3.05, 3.63) is 83.2 Å². The molecule has 3 aromatic carbocycles. The largest absolute Gasteiger partial charge is 0.398 e. The minimum atomic E-state index is -2.90. The summed E-state index contributed by atoms with van der Waals surface area (Å²) in [5.41, 5.74) is 16.3. The average Bonchev–Trinajstić information content (AvgIpc) is 2.91. The SMILES string of the molecule is C[SH]1(=O)Nc2cc(C(N)=O)ccc2C1c1cc(-c2ccc(F)cc2)ccc1N. The second-order valence-corrected chi connectivity index (χ2v) is 9.74. The first-order chi connectivity index (χ1) is 13.3. The first-order valence-electron chi connectivity index (χ1n) is 8.71. The number of amides is 1. The molecule has 5 nitrogen and oxygen atoms in total. The third-order valence-corrected chi connectivity index (χ3v) is 7.25. The van der Waals surface area contributed by atoms with Gasteiger partial charge in [-0.3, -0.25) is 9.00 Å². The maximum atomic E-state index is 13.4. The Balaban J connectivity index is 1.85. The van der Waals surface area contributed by atoms with Crippen molar-refractivity contribution >= 4 is 27.4 Å². The van der Waals surface area contributed by atoms with Crippen LogP contribution < -0.4 is 16.2 Å². The van der Waals surface area contributed by atoms with E-state index in [1.807, 2.05) is 12.1 Å². The Morgan fingerprint density at radius 1 is 1.00 bits per heavy atom. The minimum absolute atomic E-state index is 0.309. The summed E-state index contributed by atoms with van der Waals surface area (Å²) < 4.78 is 29.7. The number of nitrogen functional groups attached to an aromatic ring is 1. The van der Waals surface area contributed by atoms with Gasteiger partial charge < -0.3 is 16.2 Å². The second kappa shape index (κ2) is 6.45. The lowest BCUT2D eigenvalue weighted by atomic mass is 9.96. The van der Waals surface area contributed by atoms with Gasteiger partial charge >= 0.3 is 0 Å². The topological polar surface area (TPSA) is 98.2 Å².